The number of hydrogen-bond acceptors (Lipinski definition) is 7. The second-order valence-corrected chi connectivity index (χ2v) is 14.2. The van der Waals surface area contributed by atoms with Crippen LogP contribution in [-0.2, 0) is 36.9 Å². The van der Waals surface area contributed by atoms with E-state index in [1.165, 1.54) is 13.2 Å². The first-order valence-corrected chi connectivity index (χ1v) is 17.4. The minimum atomic E-state index is -1.15. The number of halogens is 1. The molecule has 0 aliphatic carbocycles. The molecule has 3 amide bonds. The molecule has 51 heavy (non-hydrogen) atoms. The van der Waals surface area contributed by atoms with Gasteiger partial charge in [0.15, 0.2) is 0 Å². The number of carbonyl (C=O) groups is 4. The molecule has 0 bridgehead atoms. The van der Waals surface area contributed by atoms with Crippen LogP contribution in [0.3, 0.4) is 0 Å². The summed E-state index contributed by atoms with van der Waals surface area (Å²) in [5.41, 5.74) is 9.89. The predicted molar refractivity (Wildman–Crippen MR) is 198 cm³/mol. The van der Waals surface area contributed by atoms with Crippen LogP contribution in [0.2, 0.25) is 5.02 Å². The number of methoxy groups -OCH3 is 1. The predicted octanol–water partition coefficient (Wildman–Crippen LogP) is 6.47. The number of carbonyl (C=O) groups excluding carboxylic acids is 4. The first-order chi connectivity index (χ1) is 24.1. The highest BCUT2D eigenvalue weighted by Gasteiger charge is 2.39. The maximum atomic E-state index is 13.8. The molecule has 1 aliphatic rings. The Morgan fingerprint density at radius 2 is 1.73 bits per heavy atom. The number of nitrogens with one attached hydrogen (secondary N) is 3. The summed E-state index contributed by atoms with van der Waals surface area (Å²) in [6, 6.07) is 10.0. The van der Waals surface area contributed by atoms with Gasteiger partial charge in [0, 0.05) is 29.7 Å². The fourth-order valence-corrected chi connectivity index (χ4v) is 5.65. The van der Waals surface area contributed by atoms with Crippen molar-refractivity contribution in [3.8, 4) is 5.75 Å². The number of azide groups is 1. The summed E-state index contributed by atoms with van der Waals surface area (Å²) in [6.07, 6.45) is 6.71. The molecule has 0 fully saturated rings. The third-order valence-electron chi connectivity index (χ3n) is 8.99. The molecule has 3 rings (SSSR count). The highest BCUT2D eigenvalue weighted by Crippen LogP contribution is 2.27. The summed E-state index contributed by atoms with van der Waals surface area (Å²) in [6.45, 7) is 11.1. The van der Waals surface area contributed by atoms with Gasteiger partial charge in [0.1, 0.15) is 23.9 Å². The van der Waals surface area contributed by atoms with Crippen molar-refractivity contribution in [2.45, 2.75) is 91.6 Å². The molecule has 1 heterocycles. The lowest BCUT2D eigenvalue weighted by molar-refractivity contribution is -0.156. The summed E-state index contributed by atoms with van der Waals surface area (Å²) >= 11 is 6.35. The maximum absolute atomic E-state index is 13.8. The molecule has 0 radical (unpaired) electrons. The lowest BCUT2D eigenvalue weighted by Gasteiger charge is -2.34. The Morgan fingerprint density at radius 1 is 1.04 bits per heavy atom. The van der Waals surface area contributed by atoms with Crippen LogP contribution >= 0.6 is 11.6 Å². The molecule has 12 nitrogen and oxygen atoms in total. The first-order valence-electron chi connectivity index (χ1n) is 17.0. The zero-order valence-corrected chi connectivity index (χ0v) is 31.1. The Balaban J connectivity index is 1.96. The molecule has 3 N–H and O–H groups in total. The van der Waals surface area contributed by atoms with E-state index >= 15 is 0 Å². The summed E-state index contributed by atoms with van der Waals surface area (Å²) in [5.74, 6) is -1.77. The monoisotopic (exact) mass is 720 g/mol. The van der Waals surface area contributed by atoms with Crippen molar-refractivity contribution in [2.75, 3.05) is 7.11 Å². The van der Waals surface area contributed by atoms with E-state index in [1.54, 1.807) is 45.0 Å². The second kappa shape index (κ2) is 19.0. The molecule has 274 valence electrons. The molecule has 2 aromatic rings. The van der Waals surface area contributed by atoms with Gasteiger partial charge in [-0.25, -0.2) is 4.79 Å². The smallest absolute Gasteiger partial charge is 0.328 e. The van der Waals surface area contributed by atoms with Crippen LogP contribution in [0, 0.1) is 17.3 Å². The Labute approximate surface area is 305 Å². The third kappa shape index (κ3) is 12.2. The summed E-state index contributed by atoms with van der Waals surface area (Å²) < 4.78 is 11.3. The van der Waals surface area contributed by atoms with E-state index in [1.807, 2.05) is 57.2 Å². The Kier molecular flexibility index (Phi) is 15.1. The standard InChI is InChI=1S/C38H49ClN6O6/c1-23(2)19-31-36(48)51-32(24(3)11-12-26-13-15-27(16-14-26)22-41-45-40)9-8-10-34(46)43-30(21-28-17-18-33(50-7)29(39)20-28)35(47)42-25(4)38(5,6)37(49)44-31/h8,10-18,20,23-25,30-32H,9,19,21-22H2,1-7H3,(H,42,47)(H,43,46)(H,44,49)/b10-8+,12-11+/t24-,25+,30-,31+,32+/m1/s1. The minimum absolute atomic E-state index is 0.0575. The third-order valence-corrected chi connectivity index (χ3v) is 9.29. The van der Waals surface area contributed by atoms with Crippen molar-refractivity contribution in [2.24, 2.45) is 22.4 Å². The topological polar surface area (TPSA) is 172 Å². The van der Waals surface area contributed by atoms with Crippen molar-refractivity contribution >= 4 is 41.4 Å². The van der Waals surface area contributed by atoms with Gasteiger partial charge in [-0.1, -0.05) is 86.0 Å². The second-order valence-electron chi connectivity index (χ2n) is 13.8. The fraction of sp³-hybridized carbons (Fsp3) is 0.474. The molecular formula is C38H49ClN6O6. The number of rotatable bonds is 10. The highest BCUT2D eigenvalue weighted by molar-refractivity contribution is 6.32. The van der Waals surface area contributed by atoms with E-state index in [4.69, 9.17) is 26.6 Å². The van der Waals surface area contributed by atoms with Gasteiger partial charge in [0.2, 0.25) is 17.7 Å². The Hall–Kier alpha value is -4.80. The van der Waals surface area contributed by atoms with E-state index in [0.717, 1.165) is 11.1 Å². The van der Waals surface area contributed by atoms with Gasteiger partial charge in [-0.2, -0.15) is 0 Å². The van der Waals surface area contributed by atoms with Crippen LogP contribution in [0.1, 0.15) is 71.1 Å². The van der Waals surface area contributed by atoms with E-state index in [-0.39, 0.29) is 31.2 Å². The SMILES string of the molecule is COc1ccc(C[C@H]2NC(=O)/C=C/C[C@@H]([C@H](C)/C=C/c3ccc(CN=[N+]=[N-])cc3)OC(=O)[C@H](CC(C)C)NC(=O)C(C)(C)[C@H](C)NC2=O)cc1Cl. The van der Waals surface area contributed by atoms with Crippen molar-refractivity contribution in [3.63, 3.8) is 0 Å². The summed E-state index contributed by atoms with van der Waals surface area (Å²) in [4.78, 5) is 57.2. The van der Waals surface area contributed by atoms with Gasteiger partial charge in [-0.05, 0) is 73.5 Å². The lowest BCUT2D eigenvalue weighted by atomic mass is 9.83. The van der Waals surface area contributed by atoms with Gasteiger partial charge in [-0.3, -0.25) is 14.4 Å². The van der Waals surface area contributed by atoms with Gasteiger partial charge in [0.05, 0.1) is 24.1 Å². The normalized spacial score (nSPS) is 23.0. The lowest BCUT2D eigenvalue weighted by Crippen LogP contribution is -2.58. The van der Waals surface area contributed by atoms with Crippen LogP contribution in [0.25, 0.3) is 16.5 Å². The summed E-state index contributed by atoms with van der Waals surface area (Å²) in [7, 11) is 1.50. The number of benzene rings is 2. The molecule has 0 aromatic heterocycles. The molecular weight excluding hydrogens is 672 g/mol. The number of ether oxygens (including phenoxy) is 2. The van der Waals surface area contributed by atoms with E-state index in [9.17, 15) is 19.2 Å². The van der Waals surface area contributed by atoms with Crippen molar-refractivity contribution in [1.82, 2.24) is 16.0 Å². The zero-order chi connectivity index (χ0) is 37.7. The van der Waals surface area contributed by atoms with Gasteiger partial charge < -0.3 is 25.4 Å². The van der Waals surface area contributed by atoms with Gasteiger partial charge in [0.25, 0.3) is 0 Å². The van der Waals surface area contributed by atoms with Gasteiger partial charge >= 0.3 is 5.97 Å². The number of amides is 3. The molecule has 13 heteroatoms. The average Bonchev–Trinajstić information content (AvgIpc) is 3.08. The van der Waals surface area contributed by atoms with Crippen molar-refractivity contribution in [3.05, 3.63) is 92.8 Å². The van der Waals surface area contributed by atoms with E-state index in [0.29, 0.717) is 22.8 Å². The van der Waals surface area contributed by atoms with Gasteiger partial charge in [-0.15, -0.1) is 0 Å². The fourth-order valence-electron chi connectivity index (χ4n) is 5.37. The molecule has 0 saturated carbocycles. The number of hydrogen-bond donors (Lipinski definition) is 3. The summed E-state index contributed by atoms with van der Waals surface area (Å²) in [5, 5.41) is 12.5. The zero-order valence-electron chi connectivity index (χ0n) is 30.3. The molecule has 1 aliphatic heterocycles. The van der Waals surface area contributed by atoms with E-state index < -0.39 is 53.3 Å². The molecule has 0 spiro atoms. The van der Waals surface area contributed by atoms with Crippen LogP contribution in [-0.4, -0.2) is 55.0 Å². The Bertz CT molecular complexity index is 1650. The Morgan fingerprint density at radius 3 is 2.35 bits per heavy atom. The molecule has 2 aromatic carbocycles. The molecule has 0 saturated heterocycles. The first kappa shape index (κ1) is 40.6. The largest absolute Gasteiger partial charge is 0.495 e. The minimum Gasteiger partial charge on any atom is -0.495 e. The highest BCUT2D eigenvalue weighted by atomic mass is 35.5. The van der Waals surface area contributed by atoms with E-state index in [2.05, 4.69) is 26.0 Å². The van der Waals surface area contributed by atoms with Crippen LogP contribution < -0.4 is 20.7 Å². The number of nitrogens with zero attached hydrogens (tertiary/aromatic N) is 3. The number of cyclic esters (lactones) is 1. The molecule has 5 atom stereocenters. The van der Waals surface area contributed by atoms with Crippen LogP contribution in [0.4, 0.5) is 0 Å². The number of esters is 1. The molecule has 0 unspecified atom stereocenters. The quantitative estimate of drug-likeness (QED) is 0.110. The average molecular weight is 721 g/mol. The maximum Gasteiger partial charge on any atom is 0.328 e. The van der Waals surface area contributed by atoms with Crippen molar-refractivity contribution < 1.29 is 28.7 Å². The van der Waals surface area contributed by atoms with Crippen LogP contribution in [0.5, 0.6) is 5.75 Å². The van der Waals surface area contributed by atoms with Crippen LogP contribution in [0.15, 0.2) is 65.8 Å². The van der Waals surface area contributed by atoms with Crippen molar-refractivity contribution in [1.29, 1.82) is 0 Å².